The van der Waals surface area contributed by atoms with Crippen LogP contribution in [0.2, 0.25) is 0 Å². The first-order valence-corrected chi connectivity index (χ1v) is 4.70. The summed E-state index contributed by atoms with van der Waals surface area (Å²) in [6, 6.07) is 0. The first-order chi connectivity index (χ1) is 5.45. The molecule has 1 N–H and O–H groups in total. The van der Waals surface area contributed by atoms with Gasteiger partial charge in [0, 0.05) is 12.8 Å². The predicted octanol–water partition coefficient (Wildman–Crippen LogP) is 2.30. The minimum absolute atomic E-state index is 0.277. The second kappa shape index (κ2) is 5.31. The number of unbranched alkanes of at least 4 members (excludes halogenated alkanes) is 1. The van der Waals surface area contributed by atoms with Crippen LogP contribution in [-0.2, 0) is 4.79 Å². The van der Waals surface area contributed by atoms with Crippen molar-refractivity contribution in [3.05, 3.63) is 0 Å². The van der Waals surface area contributed by atoms with Gasteiger partial charge in [-0.05, 0) is 26.7 Å². The Balaban J connectivity index is 3.44. The van der Waals surface area contributed by atoms with Crippen molar-refractivity contribution in [1.82, 2.24) is 0 Å². The lowest BCUT2D eigenvalue weighted by molar-refractivity contribution is -0.120. The second-order valence-electron chi connectivity index (χ2n) is 3.95. The topological polar surface area (TPSA) is 37.3 Å². The van der Waals surface area contributed by atoms with E-state index in [1.54, 1.807) is 13.8 Å². The van der Waals surface area contributed by atoms with Crippen LogP contribution in [0.3, 0.4) is 0 Å². The highest BCUT2D eigenvalue weighted by atomic mass is 16.3. The lowest BCUT2D eigenvalue weighted by Gasteiger charge is -2.15. The number of carbonyl (C=O) groups is 1. The fourth-order valence-electron chi connectivity index (χ4n) is 0.944. The summed E-state index contributed by atoms with van der Waals surface area (Å²) >= 11 is 0. The Bertz CT molecular complexity index is 133. The van der Waals surface area contributed by atoms with Crippen molar-refractivity contribution in [3.63, 3.8) is 0 Å². The van der Waals surface area contributed by atoms with E-state index in [0.717, 1.165) is 12.8 Å². The normalized spacial score (nSPS) is 11.7. The lowest BCUT2D eigenvalue weighted by Crippen LogP contribution is -2.19. The van der Waals surface area contributed by atoms with E-state index in [9.17, 15) is 9.90 Å². The molecule has 0 bridgehead atoms. The number of aliphatic hydroxyl groups is 1. The predicted molar refractivity (Wildman–Crippen MR) is 50.1 cm³/mol. The monoisotopic (exact) mass is 172 g/mol. The number of ketones is 1. The molecular weight excluding hydrogens is 152 g/mol. The summed E-state index contributed by atoms with van der Waals surface area (Å²) in [6.45, 7) is 5.55. The lowest BCUT2D eigenvalue weighted by atomic mass is 9.99. The average molecular weight is 172 g/mol. The number of Topliss-reactive ketones (excluding diaryl/α,β-unsaturated/α-hetero) is 1. The van der Waals surface area contributed by atoms with Crippen LogP contribution in [0.15, 0.2) is 0 Å². The van der Waals surface area contributed by atoms with Crippen molar-refractivity contribution >= 4 is 5.78 Å². The highest BCUT2D eigenvalue weighted by molar-refractivity contribution is 5.78. The van der Waals surface area contributed by atoms with Crippen LogP contribution in [0, 0.1) is 0 Å². The number of hydrogen-bond donors (Lipinski definition) is 1. The molecule has 0 atom stereocenters. The zero-order valence-electron chi connectivity index (χ0n) is 8.39. The van der Waals surface area contributed by atoms with Crippen molar-refractivity contribution in [3.8, 4) is 0 Å². The van der Waals surface area contributed by atoms with Gasteiger partial charge in [-0.25, -0.2) is 0 Å². The summed E-state index contributed by atoms with van der Waals surface area (Å²) in [6.07, 6.45) is 3.81. The summed E-state index contributed by atoms with van der Waals surface area (Å²) in [5.74, 6) is 0.277. The Labute approximate surface area is 75.0 Å². The summed E-state index contributed by atoms with van der Waals surface area (Å²) in [7, 11) is 0. The van der Waals surface area contributed by atoms with Gasteiger partial charge in [0.25, 0.3) is 0 Å². The van der Waals surface area contributed by atoms with E-state index in [-0.39, 0.29) is 5.78 Å². The Hall–Kier alpha value is -0.370. The van der Waals surface area contributed by atoms with Crippen molar-refractivity contribution < 1.29 is 9.90 Å². The van der Waals surface area contributed by atoms with Crippen LogP contribution in [0.5, 0.6) is 0 Å². The fraction of sp³-hybridized carbons (Fsp3) is 0.900. The minimum Gasteiger partial charge on any atom is -0.390 e. The van der Waals surface area contributed by atoms with Crippen molar-refractivity contribution in [2.24, 2.45) is 0 Å². The molecule has 0 fully saturated rings. The molecule has 0 aliphatic carbocycles. The Morgan fingerprint density at radius 1 is 1.33 bits per heavy atom. The van der Waals surface area contributed by atoms with Gasteiger partial charge in [0.1, 0.15) is 5.78 Å². The molecule has 0 rings (SSSR count). The molecule has 0 saturated heterocycles. The van der Waals surface area contributed by atoms with Gasteiger partial charge in [0.15, 0.2) is 0 Å². The zero-order valence-corrected chi connectivity index (χ0v) is 8.39. The molecule has 0 aliphatic rings. The maximum absolute atomic E-state index is 11.1. The summed E-state index contributed by atoms with van der Waals surface area (Å²) in [5.41, 5.74) is -0.693. The van der Waals surface area contributed by atoms with Gasteiger partial charge in [0.05, 0.1) is 5.60 Å². The van der Waals surface area contributed by atoms with Crippen molar-refractivity contribution in [2.75, 3.05) is 0 Å². The van der Waals surface area contributed by atoms with E-state index in [2.05, 4.69) is 6.92 Å². The molecule has 2 nitrogen and oxygen atoms in total. The molecule has 0 amide bonds. The Kier molecular flexibility index (Phi) is 5.14. The molecule has 0 aromatic rings. The van der Waals surface area contributed by atoms with Crippen LogP contribution < -0.4 is 0 Å². The molecular formula is C10H20O2. The standard InChI is InChI=1S/C10H20O2/c1-4-5-6-9(11)7-8-10(2,3)12/h12H,4-8H2,1-3H3. The molecule has 0 aliphatic heterocycles. The van der Waals surface area contributed by atoms with E-state index in [1.807, 2.05) is 0 Å². The first kappa shape index (κ1) is 11.6. The fourth-order valence-corrected chi connectivity index (χ4v) is 0.944. The maximum atomic E-state index is 11.1. The SMILES string of the molecule is CCCCC(=O)CCC(C)(C)O. The van der Waals surface area contributed by atoms with Gasteiger partial charge in [0.2, 0.25) is 0 Å². The molecule has 2 heteroatoms. The number of hydrogen-bond acceptors (Lipinski definition) is 2. The molecule has 0 aromatic heterocycles. The average Bonchev–Trinajstić information content (AvgIpc) is 1.95. The van der Waals surface area contributed by atoms with E-state index in [4.69, 9.17) is 0 Å². The molecule has 0 aromatic carbocycles. The zero-order chi connectivity index (χ0) is 9.61. The third-order valence-corrected chi connectivity index (χ3v) is 1.82. The highest BCUT2D eigenvalue weighted by Crippen LogP contribution is 2.12. The molecule has 0 saturated carbocycles. The maximum Gasteiger partial charge on any atom is 0.133 e. The number of rotatable bonds is 6. The van der Waals surface area contributed by atoms with Crippen molar-refractivity contribution in [1.29, 1.82) is 0 Å². The molecule has 72 valence electrons. The van der Waals surface area contributed by atoms with Crippen LogP contribution in [0.4, 0.5) is 0 Å². The minimum atomic E-state index is -0.693. The summed E-state index contributed by atoms with van der Waals surface area (Å²) in [4.78, 5) is 11.1. The van der Waals surface area contributed by atoms with Crippen LogP contribution >= 0.6 is 0 Å². The highest BCUT2D eigenvalue weighted by Gasteiger charge is 2.14. The van der Waals surface area contributed by atoms with Gasteiger partial charge in [-0.15, -0.1) is 0 Å². The van der Waals surface area contributed by atoms with Gasteiger partial charge in [-0.3, -0.25) is 4.79 Å². The van der Waals surface area contributed by atoms with Crippen molar-refractivity contribution in [2.45, 2.75) is 58.5 Å². The third-order valence-electron chi connectivity index (χ3n) is 1.82. The van der Waals surface area contributed by atoms with E-state index in [1.165, 1.54) is 0 Å². The quantitative estimate of drug-likeness (QED) is 0.667. The molecule has 0 radical (unpaired) electrons. The first-order valence-electron chi connectivity index (χ1n) is 4.70. The molecule has 0 spiro atoms. The van der Waals surface area contributed by atoms with Crippen LogP contribution in [0.25, 0.3) is 0 Å². The Morgan fingerprint density at radius 2 is 1.92 bits per heavy atom. The van der Waals surface area contributed by atoms with Gasteiger partial charge < -0.3 is 5.11 Å². The van der Waals surface area contributed by atoms with Crippen LogP contribution in [-0.4, -0.2) is 16.5 Å². The molecule has 0 heterocycles. The van der Waals surface area contributed by atoms with Gasteiger partial charge in [-0.1, -0.05) is 13.3 Å². The third kappa shape index (κ3) is 7.73. The number of carbonyl (C=O) groups excluding carboxylic acids is 1. The van der Waals surface area contributed by atoms with E-state index in [0.29, 0.717) is 19.3 Å². The smallest absolute Gasteiger partial charge is 0.133 e. The van der Waals surface area contributed by atoms with Gasteiger partial charge >= 0.3 is 0 Å². The van der Waals surface area contributed by atoms with Gasteiger partial charge in [-0.2, -0.15) is 0 Å². The summed E-state index contributed by atoms with van der Waals surface area (Å²) in [5, 5.41) is 9.34. The molecule has 12 heavy (non-hydrogen) atoms. The van der Waals surface area contributed by atoms with E-state index < -0.39 is 5.60 Å². The second-order valence-corrected chi connectivity index (χ2v) is 3.95. The Morgan fingerprint density at radius 3 is 2.33 bits per heavy atom. The van der Waals surface area contributed by atoms with Crippen LogP contribution in [0.1, 0.15) is 52.9 Å². The van der Waals surface area contributed by atoms with E-state index >= 15 is 0 Å². The molecule has 0 unspecified atom stereocenters. The largest absolute Gasteiger partial charge is 0.390 e. The summed E-state index contributed by atoms with van der Waals surface area (Å²) < 4.78 is 0.